The summed E-state index contributed by atoms with van der Waals surface area (Å²) < 4.78 is 27.3. The summed E-state index contributed by atoms with van der Waals surface area (Å²) in [6.07, 6.45) is 3.22. The number of hydrogen-bond acceptors (Lipinski definition) is 5. The Morgan fingerprint density at radius 1 is 1.00 bits per heavy atom. The van der Waals surface area contributed by atoms with E-state index in [-0.39, 0.29) is 11.4 Å². The van der Waals surface area contributed by atoms with Gasteiger partial charge in [0.05, 0.1) is 36.5 Å². The molecule has 0 aliphatic rings. The van der Waals surface area contributed by atoms with Crippen LogP contribution in [-0.2, 0) is 0 Å². The Hall–Kier alpha value is -4.20. The molecule has 32 heavy (non-hydrogen) atoms. The summed E-state index contributed by atoms with van der Waals surface area (Å²) in [5.41, 5.74) is 3.84. The quantitative estimate of drug-likeness (QED) is 0.428. The van der Waals surface area contributed by atoms with E-state index in [0.717, 1.165) is 16.8 Å². The monoisotopic (exact) mass is 430 g/mol. The largest absolute Gasteiger partial charge is 0.497 e. The molecule has 0 aliphatic heterocycles. The average Bonchev–Trinajstić information content (AvgIpc) is 3.15. The highest BCUT2D eigenvalue weighted by atomic mass is 19.1. The van der Waals surface area contributed by atoms with E-state index >= 15 is 0 Å². The van der Waals surface area contributed by atoms with Gasteiger partial charge in [-0.15, -0.1) is 0 Å². The molecule has 5 rings (SSSR count). The number of aryl methyl sites for hydroxylation is 1. The number of aromatic nitrogens is 4. The van der Waals surface area contributed by atoms with Gasteiger partial charge in [-0.05, 0) is 42.8 Å². The molecule has 160 valence electrons. The van der Waals surface area contributed by atoms with Crippen LogP contribution in [0.1, 0.15) is 5.69 Å². The topological polar surface area (TPSA) is 70.7 Å². The van der Waals surface area contributed by atoms with Gasteiger partial charge in [-0.25, -0.2) is 13.9 Å². The van der Waals surface area contributed by atoms with Crippen LogP contribution < -0.4 is 15.0 Å². The molecule has 2 aromatic carbocycles. The molecular weight excluding hydrogens is 411 g/mol. The Bertz CT molecular complexity index is 1540. The molecule has 5 aromatic rings. The number of methoxy groups -OCH3 is 2. The highest BCUT2D eigenvalue weighted by Crippen LogP contribution is 2.30. The summed E-state index contributed by atoms with van der Waals surface area (Å²) in [5.74, 6) is 0.831. The predicted octanol–water partition coefficient (Wildman–Crippen LogP) is 4.17. The van der Waals surface area contributed by atoms with Crippen molar-refractivity contribution in [2.75, 3.05) is 14.2 Å². The Labute approximate surface area is 182 Å². The van der Waals surface area contributed by atoms with Crippen molar-refractivity contribution in [3.63, 3.8) is 0 Å². The van der Waals surface area contributed by atoms with Crippen molar-refractivity contribution < 1.29 is 13.9 Å². The lowest BCUT2D eigenvalue weighted by Crippen LogP contribution is -2.19. The Morgan fingerprint density at radius 3 is 2.50 bits per heavy atom. The third-order valence-electron chi connectivity index (χ3n) is 5.47. The van der Waals surface area contributed by atoms with E-state index < -0.39 is 0 Å². The normalized spacial score (nSPS) is 11.2. The second-order valence-corrected chi connectivity index (χ2v) is 7.29. The maximum Gasteiger partial charge on any atom is 0.266 e. The van der Waals surface area contributed by atoms with E-state index in [0.29, 0.717) is 33.7 Å². The number of halogens is 1. The fraction of sp³-hybridized carbons (Fsp3) is 0.125. The third-order valence-corrected chi connectivity index (χ3v) is 5.47. The van der Waals surface area contributed by atoms with Crippen molar-refractivity contribution in [3.8, 4) is 28.3 Å². The molecule has 7 nitrogen and oxygen atoms in total. The molecule has 8 heteroatoms. The summed E-state index contributed by atoms with van der Waals surface area (Å²) in [4.78, 5) is 17.9. The van der Waals surface area contributed by atoms with Gasteiger partial charge in [-0.3, -0.25) is 9.36 Å². The van der Waals surface area contributed by atoms with Crippen LogP contribution in [0.5, 0.6) is 11.5 Å². The number of rotatable bonds is 4. The highest BCUT2D eigenvalue weighted by molar-refractivity contribution is 5.86. The lowest BCUT2D eigenvalue weighted by atomic mass is 10.1. The van der Waals surface area contributed by atoms with Gasteiger partial charge >= 0.3 is 0 Å². The van der Waals surface area contributed by atoms with E-state index in [1.54, 1.807) is 61.5 Å². The molecule has 0 N–H and O–H groups in total. The molecular formula is C24H19FN4O3. The van der Waals surface area contributed by atoms with E-state index in [4.69, 9.17) is 9.47 Å². The fourth-order valence-corrected chi connectivity index (χ4v) is 3.91. The summed E-state index contributed by atoms with van der Waals surface area (Å²) in [6, 6.07) is 13.3. The zero-order valence-corrected chi connectivity index (χ0v) is 17.7. The van der Waals surface area contributed by atoms with Crippen LogP contribution in [0.25, 0.3) is 33.4 Å². The lowest BCUT2D eigenvalue weighted by Gasteiger charge is -2.13. The number of nitrogens with zero attached hydrogens (tertiary/aromatic N) is 4. The number of pyridine rings is 1. The molecule has 0 saturated heterocycles. The van der Waals surface area contributed by atoms with Crippen molar-refractivity contribution in [2.24, 2.45) is 0 Å². The van der Waals surface area contributed by atoms with Crippen molar-refractivity contribution >= 4 is 16.6 Å². The second-order valence-electron chi connectivity index (χ2n) is 7.29. The Kier molecular flexibility index (Phi) is 4.62. The van der Waals surface area contributed by atoms with Gasteiger partial charge in [-0.2, -0.15) is 5.10 Å². The molecule has 0 radical (unpaired) electrons. The van der Waals surface area contributed by atoms with Gasteiger partial charge < -0.3 is 9.47 Å². The minimum Gasteiger partial charge on any atom is -0.497 e. The fourth-order valence-electron chi connectivity index (χ4n) is 3.91. The van der Waals surface area contributed by atoms with E-state index in [2.05, 4.69) is 10.1 Å². The van der Waals surface area contributed by atoms with Gasteiger partial charge in [-0.1, -0.05) is 12.1 Å². The number of ether oxygens (including phenoxy) is 2. The minimum atomic E-state index is -0.310. The van der Waals surface area contributed by atoms with Crippen molar-refractivity contribution in [2.45, 2.75) is 6.92 Å². The van der Waals surface area contributed by atoms with Crippen molar-refractivity contribution in [1.82, 2.24) is 19.2 Å². The molecule has 3 heterocycles. The third kappa shape index (κ3) is 2.99. The number of hydrogen-bond donors (Lipinski definition) is 0. The first kappa shape index (κ1) is 19.7. The van der Waals surface area contributed by atoms with Crippen molar-refractivity contribution in [3.05, 3.63) is 82.8 Å². The van der Waals surface area contributed by atoms with E-state index in [1.165, 1.54) is 16.7 Å². The van der Waals surface area contributed by atoms with Crippen LogP contribution in [-0.4, -0.2) is 33.4 Å². The highest BCUT2D eigenvalue weighted by Gasteiger charge is 2.17. The zero-order valence-electron chi connectivity index (χ0n) is 17.7. The standard InChI is InChI=1S/C24H19FN4O3/c1-14-22(15-4-6-16(25)7-5-15)23-26-13-18-19(29(23)27-14)10-11-28(24(18)30)20-12-17(31-2)8-9-21(20)32-3/h4-13H,1-3H3. The maximum atomic E-state index is 13.4. The predicted molar refractivity (Wildman–Crippen MR) is 119 cm³/mol. The SMILES string of the molecule is COc1ccc(OC)c(-n2ccc3c(cnc4c(-c5ccc(F)cc5)c(C)nn43)c2=O)c1. The van der Waals surface area contributed by atoms with Crippen LogP contribution in [0.15, 0.2) is 65.7 Å². The Morgan fingerprint density at radius 2 is 1.78 bits per heavy atom. The van der Waals surface area contributed by atoms with E-state index in [9.17, 15) is 9.18 Å². The van der Waals surface area contributed by atoms with Crippen LogP contribution in [0, 0.1) is 12.7 Å². The van der Waals surface area contributed by atoms with Crippen LogP contribution in [0.3, 0.4) is 0 Å². The smallest absolute Gasteiger partial charge is 0.266 e. The first-order valence-corrected chi connectivity index (χ1v) is 9.90. The van der Waals surface area contributed by atoms with Crippen molar-refractivity contribution in [1.29, 1.82) is 0 Å². The molecule has 0 unspecified atom stereocenters. The molecule has 0 bridgehead atoms. The summed E-state index contributed by atoms with van der Waals surface area (Å²) in [6.45, 7) is 1.86. The van der Waals surface area contributed by atoms with Gasteiger partial charge in [0.2, 0.25) is 0 Å². The first-order valence-electron chi connectivity index (χ1n) is 9.90. The zero-order chi connectivity index (χ0) is 22.4. The molecule has 3 aromatic heterocycles. The van der Waals surface area contributed by atoms with Gasteiger partial charge in [0.25, 0.3) is 5.56 Å². The molecule has 0 amide bonds. The molecule has 0 atom stereocenters. The Balaban J connectivity index is 1.75. The molecule has 0 fully saturated rings. The van der Waals surface area contributed by atoms with Gasteiger partial charge in [0, 0.05) is 24.0 Å². The number of fused-ring (bicyclic) bond motifs is 3. The van der Waals surface area contributed by atoms with Crippen LogP contribution in [0.4, 0.5) is 4.39 Å². The number of benzene rings is 2. The minimum absolute atomic E-state index is 0.264. The lowest BCUT2D eigenvalue weighted by molar-refractivity contribution is 0.401. The van der Waals surface area contributed by atoms with Crippen LogP contribution >= 0.6 is 0 Å². The summed E-state index contributed by atoms with van der Waals surface area (Å²) >= 11 is 0. The maximum absolute atomic E-state index is 13.4. The van der Waals surface area contributed by atoms with Gasteiger partial charge in [0.1, 0.15) is 17.3 Å². The summed E-state index contributed by atoms with van der Waals surface area (Å²) in [7, 11) is 3.11. The second kappa shape index (κ2) is 7.49. The van der Waals surface area contributed by atoms with Gasteiger partial charge in [0.15, 0.2) is 5.65 Å². The molecule has 0 aliphatic carbocycles. The van der Waals surface area contributed by atoms with Crippen LogP contribution in [0.2, 0.25) is 0 Å². The molecule has 0 saturated carbocycles. The van der Waals surface area contributed by atoms with E-state index in [1.807, 2.05) is 13.0 Å². The first-order chi connectivity index (χ1) is 15.5. The summed E-state index contributed by atoms with van der Waals surface area (Å²) in [5, 5.41) is 5.01. The average molecular weight is 430 g/mol. The molecule has 0 spiro atoms.